The van der Waals surface area contributed by atoms with E-state index in [0.29, 0.717) is 29.1 Å². The first-order valence-electron chi connectivity index (χ1n) is 8.16. The van der Waals surface area contributed by atoms with Gasteiger partial charge in [0.25, 0.3) is 0 Å². The maximum absolute atomic E-state index is 12.3. The summed E-state index contributed by atoms with van der Waals surface area (Å²) in [5.41, 5.74) is -0.140. The van der Waals surface area contributed by atoms with Gasteiger partial charge in [0.1, 0.15) is 11.3 Å². The van der Waals surface area contributed by atoms with Gasteiger partial charge in [-0.25, -0.2) is 4.79 Å². The highest BCUT2D eigenvalue weighted by atomic mass is 16.5. The number of benzene rings is 1. The first-order chi connectivity index (χ1) is 11.6. The van der Waals surface area contributed by atoms with Crippen LogP contribution in [-0.4, -0.2) is 19.8 Å². The summed E-state index contributed by atoms with van der Waals surface area (Å²) in [6.07, 6.45) is 5.68. The Hall–Kier alpha value is -2.43. The van der Waals surface area contributed by atoms with Gasteiger partial charge in [0.2, 0.25) is 5.75 Å². The summed E-state index contributed by atoms with van der Waals surface area (Å²) in [5, 5.41) is 0.684. The molecule has 1 aromatic carbocycles. The zero-order valence-corrected chi connectivity index (χ0v) is 14.6. The van der Waals surface area contributed by atoms with E-state index < -0.39 is 5.63 Å². The largest absolute Gasteiger partial charge is 0.497 e. The Balaban J connectivity index is 2.42. The molecule has 1 aromatic heterocycles. The minimum Gasteiger partial charge on any atom is -0.497 e. The van der Waals surface area contributed by atoms with Crippen molar-refractivity contribution in [2.24, 2.45) is 0 Å². The Morgan fingerprint density at radius 2 is 2.00 bits per heavy atom. The molecule has 0 spiro atoms. The van der Waals surface area contributed by atoms with Crippen molar-refractivity contribution in [3.05, 3.63) is 40.8 Å². The van der Waals surface area contributed by atoms with Crippen LogP contribution in [0.1, 0.15) is 33.6 Å². The molecule has 0 atom stereocenters. The molecule has 0 N–H and O–H groups in total. The monoisotopic (exact) mass is 332 g/mol. The Morgan fingerprint density at radius 3 is 2.67 bits per heavy atom. The van der Waals surface area contributed by atoms with E-state index in [1.54, 1.807) is 25.3 Å². The van der Waals surface area contributed by atoms with Crippen molar-refractivity contribution in [3.8, 4) is 17.2 Å². The first-order valence-corrected chi connectivity index (χ1v) is 8.16. The smallest absolute Gasteiger partial charge is 0.383 e. The zero-order valence-electron chi connectivity index (χ0n) is 14.6. The van der Waals surface area contributed by atoms with E-state index in [-0.39, 0.29) is 11.9 Å². The highest BCUT2D eigenvalue weighted by molar-refractivity contribution is 5.86. The van der Waals surface area contributed by atoms with Gasteiger partial charge in [-0.05, 0) is 38.8 Å². The summed E-state index contributed by atoms with van der Waals surface area (Å²) in [4.78, 5) is 12.3. The molecule has 2 rings (SSSR count). The number of hydrogen-bond acceptors (Lipinski definition) is 5. The molecule has 0 amide bonds. The summed E-state index contributed by atoms with van der Waals surface area (Å²) in [5.74, 6) is 1.14. The van der Waals surface area contributed by atoms with Gasteiger partial charge in [-0.15, -0.1) is 0 Å². The van der Waals surface area contributed by atoms with Crippen LogP contribution in [-0.2, 0) is 0 Å². The Kier molecular flexibility index (Phi) is 6.29. The van der Waals surface area contributed by atoms with Crippen LogP contribution in [0.2, 0.25) is 0 Å². The highest BCUT2D eigenvalue weighted by Gasteiger charge is 2.19. The van der Waals surface area contributed by atoms with Crippen molar-refractivity contribution in [2.75, 3.05) is 13.7 Å². The molecule has 0 bridgehead atoms. The third kappa shape index (κ3) is 4.31. The molecule has 130 valence electrons. The lowest BCUT2D eigenvalue weighted by atomic mass is 10.2. The summed E-state index contributed by atoms with van der Waals surface area (Å²) in [6.45, 7) is 6.25. The van der Waals surface area contributed by atoms with Crippen LogP contribution in [0.3, 0.4) is 0 Å². The van der Waals surface area contributed by atoms with Gasteiger partial charge in [-0.1, -0.05) is 19.1 Å². The molecule has 0 aliphatic rings. The molecule has 0 saturated heterocycles. The normalized spacial score (nSPS) is 11.4. The van der Waals surface area contributed by atoms with Crippen molar-refractivity contribution in [3.63, 3.8) is 0 Å². The molecule has 0 unspecified atom stereocenters. The summed E-state index contributed by atoms with van der Waals surface area (Å²) in [6, 6.07) is 5.26. The number of allylic oxidation sites excluding steroid dienone is 1. The van der Waals surface area contributed by atoms with Crippen molar-refractivity contribution in [1.29, 1.82) is 0 Å². The number of fused-ring (bicyclic) bond motifs is 1. The second-order valence-electron chi connectivity index (χ2n) is 5.59. The third-order valence-electron chi connectivity index (χ3n) is 3.31. The molecular formula is C19H24O5. The standard InChI is InChI=1S/C19H24O5/c1-5-6-7-8-11-22-18-17(23-13(2)3)15-10-9-14(21-4)12-16(15)24-19(18)20/h6-7,9-10,12-13H,5,8,11H2,1-4H3. The van der Waals surface area contributed by atoms with E-state index in [9.17, 15) is 4.79 Å². The molecule has 0 aliphatic heterocycles. The Labute approximate surface area is 141 Å². The van der Waals surface area contributed by atoms with Crippen LogP contribution in [0.5, 0.6) is 17.2 Å². The van der Waals surface area contributed by atoms with E-state index in [4.69, 9.17) is 18.6 Å². The van der Waals surface area contributed by atoms with Crippen LogP contribution in [0.15, 0.2) is 39.6 Å². The summed E-state index contributed by atoms with van der Waals surface area (Å²) < 4.78 is 22.1. The maximum Gasteiger partial charge on any atom is 0.383 e. The molecule has 0 saturated carbocycles. The van der Waals surface area contributed by atoms with Gasteiger partial charge in [0.05, 0.1) is 25.2 Å². The van der Waals surface area contributed by atoms with E-state index in [1.165, 1.54) is 0 Å². The minimum absolute atomic E-state index is 0.0977. The molecular weight excluding hydrogens is 308 g/mol. The van der Waals surface area contributed by atoms with Crippen molar-refractivity contribution >= 4 is 11.0 Å². The van der Waals surface area contributed by atoms with Gasteiger partial charge < -0.3 is 18.6 Å². The molecule has 0 aliphatic carbocycles. The average Bonchev–Trinajstić information content (AvgIpc) is 2.55. The summed E-state index contributed by atoms with van der Waals surface area (Å²) in [7, 11) is 1.56. The van der Waals surface area contributed by atoms with Crippen LogP contribution >= 0.6 is 0 Å². The van der Waals surface area contributed by atoms with E-state index in [1.807, 2.05) is 19.9 Å². The number of hydrogen-bond donors (Lipinski definition) is 0. The lowest BCUT2D eigenvalue weighted by molar-refractivity contribution is 0.219. The summed E-state index contributed by atoms with van der Waals surface area (Å²) >= 11 is 0. The van der Waals surface area contributed by atoms with Gasteiger partial charge in [-0.2, -0.15) is 0 Å². The number of rotatable bonds is 8. The molecule has 1 heterocycles. The minimum atomic E-state index is -0.550. The third-order valence-corrected chi connectivity index (χ3v) is 3.31. The molecule has 5 nitrogen and oxygen atoms in total. The van der Waals surface area contributed by atoms with E-state index in [0.717, 1.165) is 12.8 Å². The number of ether oxygens (including phenoxy) is 3. The Morgan fingerprint density at radius 1 is 1.21 bits per heavy atom. The molecule has 0 fully saturated rings. The fourth-order valence-corrected chi connectivity index (χ4v) is 2.25. The van der Waals surface area contributed by atoms with Gasteiger partial charge in [0, 0.05) is 6.07 Å². The van der Waals surface area contributed by atoms with Gasteiger partial charge in [-0.3, -0.25) is 0 Å². The molecule has 0 radical (unpaired) electrons. The van der Waals surface area contributed by atoms with E-state index in [2.05, 4.69) is 13.0 Å². The Bertz CT molecular complexity index is 758. The van der Waals surface area contributed by atoms with E-state index >= 15 is 0 Å². The topological polar surface area (TPSA) is 57.9 Å². The second-order valence-corrected chi connectivity index (χ2v) is 5.59. The van der Waals surface area contributed by atoms with Crippen LogP contribution in [0.25, 0.3) is 11.0 Å². The van der Waals surface area contributed by atoms with Crippen molar-refractivity contribution < 1.29 is 18.6 Å². The fourth-order valence-electron chi connectivity index (χ4n) is 2.25. The molecule has 2 aromatic rings. The zero-order chi connectivity index (χ0) is 17.5. The van der Waals surface area contributed by atoms with Crippen LogP contribution < -0.4 is 19.8 Å². The number of methoxy groups -OCH3 is 1. The SMILES string of the molecule is CCC=CCCOc1c(OC(C)C)c2ccc(OC)cc2oc1=O. The average molecular weight is 332 g/mol. The second kappa shape index (κ2) is 8.43. The lowest BCUT2D eigenvalue weighted by Crippen LogP contribution is -2.14. The van der Waals surface area contributed by atoms with Crippen molar-refractivity contribution in [2.45, 2.75) is 39.7 Å². The predicted octanol–water partition coefficient (Wildman–Crippen LogP) is 4.32. The predicted molar refractivity (Wildman–Crippen MR) is 94.3 cm³/mol. The first kappa shape index (κ1) is 17.9. The van der Waals surface area contributed by atoms with Crippen molar-refractivity contribution in [1.82, 2.24) is 0 Å². The molecule has 24 heavy (non-hydrogen) atoms. The highest BCUT2D eigenvalue weighted by Crippen LogP contribution is 2.35. The lowest BCUT2D eigenvalue weighted by Gasteiger charge is -2.16. The van der Waals surface area contributed by atoms with Gasteiger partial charge >= 0.3 is 5.63 Å². The van der Waals surface area contributed by atoms with Crippen LogP contribution in [0.4, 0.5) is 0 Å². The molecule has 5 heteroatoms. The maximum atomic E-state index is 12.3. The quantitative estimate of drug-likeness (QED) is 0.409. The fraction of sp³-hybridized carbons (Fsp3) is 0.421. The van der Waals surface area contributed by atoms with Crippen LogP contribution in [0, 0.1) is 0 Å². The van der Waals surface area contributed by atoms with Gasteiger partial charge in [0.15, 0.2) is 5.75 Å².